The maximum atomic E-state index is 11.4. The molecule has 3 N–H and O–H groups in total. The van der Waals surface area contributed by atoms with Crippen molar-refractivity contribution in [2.75, 3.05) is 14.1 Å². The van der Waals surface area contributed by atoms with Gasteiger partial charge < -0.3 is 15.6 Å². The molecule has 1 fully saturated rings. The minimum absolute atomic E-state index is 0.324. The number of H-pyrrole nitrogens is 1. The summed E-state index contributed by atoms with van der Waals surface area (Å²) in [6.45, 7) is 0. The second kappa shape index (κ2) is 8.20. The molecule has 2 amide bonds. The lowest BCUT2D eigenvalue weighted by atomic mass is 9.88. The first-order valence-electron chi connectivity index (χ1n) is 8.17. The van der Waals surface area contributed by atoms with Gasteiger partial charge in [0.05, 0.1) is 0 Å². The van der Waals surface area contributed by atoms with Crippen molar-refractivity contribution in [2.45, 2.75) is 32.1 Å². The van der Waals surface area contributed by atoms with Crippen molar-refractivity contribution in [3.8, 4) is 0 Å². The molecular weight excluding hydrogens is 326 g/mol. The summed E-state index contributed by atoms with van der Waals surface area (Å²) >= 11 is 5.78. The molecule has 0 atom stereocenters. The molecule has 1 aliphatic carbocycles. The fourth-order valence-electron chi connectivity index (χ4n) is 2.95. The largest absolute Gasteiger partial charge is 0.364 e. The first-order valence-corrected chi connectivity index (χ1v) is 8.55. The number of nitrogens with two attached hydrogens (primary N) is 1. The smallest absolute Gasteiger partial charge is 0.265 e. The number of halogens is 1. The number of carbonyl (C=O) groups excluding carboxylic acids is 2. The van der Waals surface area contributed by atoms with Crippen LogP contribution in [-0.2, 0) is 4.79 Å². The number of amides is 2. The molecule has 1 aliphatic rings. The van der Waals surface area contributed by atoms with E-state index in [1.54, 1.807) is 23.1 Å². The molecule has 2 aromatic rings. The molecule has 0 bridgehead atoms. The van der Waals surface area contributed by atoms with Crippen LogP contribution < -0.4 is 5.73 Å². The zero-order valence-corrected chi connectivity index (χ0v) is 14.9. The fourth-order valence-corrected chi connectivity index (χ4v) is 3.13. The van der Waals surface area contributed by atoms with Gasteiger partial charge in [0.2, 0.25) is 5.91 Å². The molecule has 130 valence electrons. The SMILES string of the molecule is CN(C)C(=O)C1CCCCC1.NC(=O)c1cc2cc(Cl)ccc2[nH]1. The third-order valence-electron chi connectivity index (χ3n) is 4.24. The van der Waals surface area contributed by atoms with Crippen LogP contribution in [0.5, 0.6) is 0 Å². The van der Waals surface area contributed by atoms with Crippen LogP contribution in [0.2, 0.25) is 5.02 Å². The minimum atomic E-state index is -0.465. The van der Waals surface area contributed by atoms with E-state index >= 15 is 0 Å². The van der Waals surface area contributed by atoms with E-state index in [1.807, 2.05) is 20.2 Å². The van der Waals surface area contributed by atoms with Crippen LogP contribution in [0.25, 0.3) is 10.9 Å². The van der Waals surface area contributed by atoms with Crippen molar-refractivity contribution in [2.24, 2.45) is 11.7 Å². The number of carbonyl (C=O) groups is 2. The zero-order chi connectivity index (χ0) is 17.7. The molecule has 5 nitrogen and oxygen atoms in total. The van der Waals surface area contributed by atoms with Crippen LogP contribution in [0.3, 0.4) is 0 Å². The second-order valence-electron chi connectivity index (χ2n) is 6.35. The Morgan fingerprint density at radius 1 is 1.17 bits per heavy atom. The summed E-state index contributed by atoms with van der Waals surface area (Å²) < 4.78 is 0. The lowest BCUT2D eigenvalue weighted by Gasteiger charge is -2.23. The molecule has 0 unspecified atom stereocenters. The number of aromatic amines is 1. The highest BCUT2D eigenvalue weighted by Crippen LogP contribution is 2.24. The van der Waals surface area contributed by atoms with Gasteiger partial charge in [-0.15, -0.1) is 0 Å². The standard InChI is InChI=1S/C9H7ClN2O.C9H17NO/c10-6-1-2-7-5(3-6)4-8(12-7)9(11)13;1-10(2)9(11)8-6-4-3-5-7-8/h1-4,12H,(H2,11,13);8H,3-7H2,1-2H3. The Hall–Kier alpha value is -2.01. The molecule has 24 heavy (non-hydrogen) atoms. The van der Waals surface area contributed by atoms with Crippen molar-refractivity contribution >= 4 is 34.3 Å². The van der Waals surface area contributed by atoms with E-state index in [1.165, 1.54) is 19.3 Å². The van der Waals surface area contributed by atoms with Crippen molar-refractivity contribution in [1.29, 1.82) is 0 Å². The van der Waals surface area contributed by atoms with E-state index in [0.717, 1.165) is 23.7 Å². The number of fused-ring (bicyclic) bond motifs is 1. The van der Waals surface area contributed by atoms with Crippen molar-refractivity contribution < 1.29 is 9.59 Å². The fraction of sp³-hybridized carbons (Fsp3) is 0.444. The average Bonchev–Trinajstić information content (AvgIpc) is 2.99. The third kappa shape index (κ3) is 4.74. The van der Waals surface area contributed by atoms with Gasteiger partial charge in [0.1, 0.15) is 5.69 Å². The van der Waals surface area contributed by atoms with Gasteiger partial charge in [-0.1, -0.05) is 30.9 Å². The van der Waals surface area contributed by atoms with Gasteiger partial charge in [-0.2, -0.15) is 0 Å². The maximum Gasteiger partial charge on any atom is 0.265 e. The maximum absolute atomic E-state index is 11.4. The zero-order valence-electron chi connectivity index (χ0n) is 14.1. The van der Waals surface area contributed by atoms with Crippen LogP contribution in [0.15, 0.2) is 24.3 Å². The Kier molecular flexibility index (Phi) is 6.26. The Bertz CT molecular complexity index is 718. The Labute approximate surface area is 147 Å². The molecule has 6 heteroatoms. The van der Waals surface area contributed by atoms with Crippen LogP contribution in [0.1, 0.15) is 42.6 Å². The highest BCUT2D eigenvalue weighted by atomic mass is 35.5. The molecular formula is C18H24ClN3O2. The Morgan fingerprint density at radius 3 is 2.42 bits per heavy atom. The van der Waals surface area contributed by atoms with Gasteiger partial charge in [0.25, 0.3) is 5.91 Å². The molecule has 1 heterocycles. The van der Waals surface area contributed by atoms with Crippen LogP contribution in [0, 0.1) is 5.92 Å². The number of benzene rings is 1. The van der Waals surface area contributed by atoms with E-state index in [4.69, 9.17) is 17.3 Å². The molecule has 0 radical (unpaired) electrons. The summed E-state index contributed by atoms with van der Waals surface area (Å²) in [5.74, 6) is 0.191. The topological polar surface area (TPSA) is 79.2 Å². The highest BCUT2D eigenvalue weighted by molar-refractivity contribution is 6.31. The number of nitrogens with zero attached hydrogens (tertiary/aromatic N) is 1. The van der Waals surface area contributed by atoms with Gasteiger partial charge >= 0.3 is 0 Å². The first kappa shape index (κ1) is 18.3. The summed E-state index contributed by atoms with van der Waals surface area (Å²) in [5, 5.41) is 1.53. The number of rotatable bonds is 2. The quantitative estimate of drug-likeness (QED) is 0.869. The van der Waals surface area contributed by atoms with Gasteiger partial charge in [-0.3, -0.25) is 9.59 Å². The number of hydrogen-bond donors (Lipinski definition) is 2. The first-order chi connectivity index (χ1) is 11.4. The highest BCUT2D eigenvalue weighted by Gasteiger charge is 2.21. The molecule has 3 rings (SSSR count). The average molecular weight is 350 g/mol. The molecule has 1 aromatic carbocycles. The van der Waals surface area contributed by atoms with Crippen molar-refractivity contribution in [1.82, 2.24) is 9.88 Å². The van der Waals surface area contributed by atoms with Crippen molar-refractivity contribution in [3.63, 3.8) is 0 Å². The van der Waals surface area contributed by atoms with Crippen LogP contribution in [0.4, 0.5) is 0 Å². The van der Waals surface area contributed by atoms with Gasteiger partial charge in [0, 0.05) is 35.9 Å². The summed E-state index contributed by atoms with van der Waals surface area (Å²) in [4.78, 5) is 26.8. The molecule has 1 aromatic heterocycles. The summed E-state index contributed by atoms with van der Waals surface area (Å²) in [5.41, 5.74) is 6.37. The number of nitrogens with one attached hydrogen (secondary N) is 1. The third-order valence-corrected chi connectivity index (χ3v) is 4.48. The molecule has 0 spiro atoms. The summed E-state index contributed by atoms with van der Waals surface area (Å²) in [7, 11) is 3.69. The van der Waals surface area contributed by atoms with E-state index < -0.39 is 5.91 Å². The Balaban J connectivity index is 0.000000177. The number of aromatic nitrogens is 1. The minimum Gasteiger partial charge on any atom is -0.364 e. The van der Waals surface area contributed by atoms with Gasteiger partial charge in [-0.25, -0.2) is 0 Å². The van der Waals surface area contributed by atoms with Crippen LogP contribution >= 0.6 is 11.6 Å². The predicted molar refractivity (Wildman–Crippen MR) is 97.1 cm³/mol. The normalized spacial score (nSPS) is 14.8. The summed E-state index contributed by atoms with van der Waals surface area (Å²) in [6, 6.07) is 7.03. The van der Waals surface area contributed by atoms with Gasteiger partial charge in [-0.05, 0) is 37.1 Å². The van der Waals surface area contributed by atoms with E-state index in [9.17, 15) is 9.59 Å². The lowest BCUT2D eigenvalue weighted by Crippen LogP contribution is -2.30. The second-order valence-corrected chi connectivity index (χ2v) is 6.78. The lowest BCUT2D eigenvalue weighted by molar-refractivity contribution is -0.133. The summed E-state index contributed by atoms with van der Waals surface area (Å²) in [6.07, 6.45) is 6.01. The van der Waals surface area contributed by atoms with E-state index in [0.29, 0.717) is 22.5 Å². The van der Waals surface area contributed by atoms with E-state index in [2.05, 4.69) is 4.98 Å². The predicted octanol–water partition coefficient (Wildman–Crippen LogP) is 3.58. The number of hydrogen-bond acceptors (Lipinski definition) is 2. The van der Waals surface area contributed by atoms with E-state index in [-0.39, 0.29) is 0 Å². The molecule has 0 saturated heterocycles. The van der Waals surface area contributed by atoms with Crippen molar-refractivity contribution in [3.05, 3.63) is 35.0 Å². The monoisotopic (exact) mass is 349 g/mol. The molecule has 0 aliphatic heterocycles. The van der Waals surface area contributed by atoms with Crippen LogP contribution in [-0.4, -0.2) is 35.8 Å². The van der Waals surface area contributed by atoms with Gasteiger partial charge in [0.15, 0.2) is 0 Å². The molecule has 1 saturated carbocycles. The number of primary amides is 1. The Morgan fingerprint density at radius 2 is 1.83 bits per heavy atom.